The highest BCUT2D eigenvalue weighted by molar-refractivity contribution is 7.74. The summed E-state index contributed by atoms with van der Waals surface area (Å²) in [5, 5.41) is 0. The molecular weight excluding hydrogens is 218 g/mol. The molecule has 0 bridgehead atoms. The lowest BCUT2D eigenvalue weighted by Crippen LogP contribution is -2.22. The van der Waals surface area contributed by atoms with E-state index in [4.69, 9.17) is 0 Å². The summed E-state index contributed by atoms with van der Waals surface area (Å²) in [6.45, 7) is 0.958. The zero-order chi connectivity index (χ0) is 11.3. The fourth-order valence-electron chi connectivity index (χ4n) is 1.16. The second-order valence-corrected chi connectivity index (χ2v) is 4.27. The lowest BCUT2D eigenvalue weighted by Gasteiger charge is -2.07. The van der Waals surface area contributed by atoms with Gasteiger partial charge in [-0.1, -0.05) is 26.0 Å². The molecule has 15 heavy (non-hydrogen) atoms. The van der Waals surface area contributed by atoms with Crippen molar-refractivity contribution in [3.63, 3.8) is 0 Å². The molecule has 5 heteroatoms. The van der Waals surface area contributed by atoms with Crippen molar-refractivity contribution in [2.24, 2.45) is 0 Å². The third kappa shape index (κ3) is 4.05. The molecule has 0 N–H and O–H groups in total. The molecule has 0 fully saturated rings. The standard InChI is InChI=1S/C10H15F2N2S/c1-13(2)8-9-14(15(11)12)10-6-4-3-5-7-10/h3-7H,8-9H2,1-2H3/q+1. The minimum absolute atomic E-state index is 0.340. The second-order valence-electron chi connectivity index (χ2n) is 3.44. The fourth-order valence-corrected chi connectivity index (χ4v) is 1.66. The largest absolute Gasteiger partial charge is 0.430 e. The van der Waals surface area contributed by atoms with Gasteiger partial charge in [0, 0.05) is 12.1 Å². The molecule has 0 saturated heterocycles. The van der Waals surface area contributed by atoms with Crippen molar-refractivity contribution in [3.8, 4) is 0 Å². The Bertz CT molecular complexity index is 335. The van der Waals surface area contributed by atoms with Gasteiger partial charge in [0.05, 0.1) is 6.54 Å². The Hall–Kier alpha value is -0.810. The average molecular weight is 233 g/mol. The van der Waals surface area contributed by atoms with Crippen LogP contribution in [-0.4, -0.2) is 36.0 Å². The number of hydrogen-bond acceptors (Lipinski definition) is 1. The monoisotopic (exact) mass is 233 g/mol. The van der Waals surface area contributed by atoms with Gasteiger partial charge in [0.15, 0.2) is 6.54 Å². The van der Waals surface area contributed by atoms with Crippen LogP contribution >= 0.6 is 0 Å². The van der Waals surface area contributed by atoms with Crippen molar-refractivity contribution in [2.45, 2.75) is 0 Å². The van der Waals surface area contributed by atoms with Crippen LogP contribution < -0.4 is 0 Å². The molecule has 0 amide bonds. The number of halogens is 2. The summed E-state index contributed by atoms with van der Waals surface area (Å²) in [6, 6.07) is 8.77. The molecule has 0 radical (unpaired) electrons. The highest BCUT2D eigenvalue weighted by Gasteiger charge is 2.15. The van der Waals surface area contributed by atoms with Crippen molar-refractivity contribution in [1.29, 1.82) is 0 Å². The van der Waals surface area contributed by atoms with Crippen LogP contribution in [0.5, 0.6) is 0 Å². The molecule has 84 valence electrons. The van der Waals surface area contributed by atoms with E-state index in [0.717, 1.165) is 3.95 Å². The van der Waals surface area contributed by atoms with Gasteiger partial charge in [0.2, 0.25) is 5.69 Å². The zero-order valence-corrected chi connectivity index (χ0v) is 9.68. The van der Waals surface area contributed by atoms with E-state index >= 15 is 0 Å². The van der Waals surface area contributed by atoms with Crippen molar-refractivity contribution >= 4 is 17.2 Å². The SMILES string of the molecule is CN(C)CC[N+](c1ccccc1)=S(F)F. The van der Waals surface area contributed by atoms with Gasteiger partial charge in [0.1, 0.15) is 0 Å². The number of likely N-dealkylation sites (N-methyl/N-ethyl adjacent to an activating group) is 1. The van der Waals surface area contributed by atoms with E-state index in [-0.39, 0.29) is 0 Å². The maximum Gasteiger partial charge on any atom is 0.430 e. The number of para-hydroxylation sites is 1. The first-order chi connectivity index (χ1) is 7.11. The minimum atomic E-state index is -2.71. The van der Waals surface area contributed by atoms with E-state index in [0.29, 0.717) is 18.8 Å². The molecule has 0 aromatic heterocycles. The zero-order valence-electron chi connectivity index (χ0n) is 8.86. The highest BCUT2D eigenvalue weighted by Crippen LogP contribution is 2.13. The van der Waals surface area contributed by atoms with E-state index in [1.807, 2.05) is 25.1 Å². The molecule has 0 spiro atoms. The lowest BCUT2D eigenvalue weighted by molar-refractivity contribution is -0.419. The van der Waals surface area contributed by atoms with E-state index in [2.05, 4.69) is 0 Å². The Balaban J connectivity index is 2.82. The van der Waals surface area contributed by atoms with E-state index in [1.165, 1.54) is 0 Å². The van der Waals surface area contributed by atoms with Crippen molar-refractivity contribution in [3.05, 3.63) is 30.3 Å². The minimum Gasteiger partial charge on any atom is -0.303 e. The Labute approximate surface area is 91.8 Å². The summed E-state index contributed by atoms with van der Waals surface area (Å²) in [5.41, 5.74) is 0.577. The molecule has 0 aliphatic heterocycles. The van der Waals surface area contributed by atoms with Crippen molar-refractivity contribution in [2.75, 3.05) is 27.2 Å². The van der Waals surface area contributed by atoms with Gasteiger partial charge >= 0.3 is 11.5 Å². The Morgan fingerprint density at radius 2 is 1.80 bits per heavy atom. The van der Waals surface area contributed by atoms with Gasteiger partial charge in [-0.05, 0) is 14.1 Å². The van der Waals surface area contributed by atoms with Gasteiger partial charge < -0.3 is 4.90 Å². The first-order valence-electron chi connectivity index (χ1n) is 4.65. The Morgan fingerprint density at radius 3 is 2.27 bits per heavy atom. The summed E-state index contributed by atoms with van der Waals surface area (Å²) in [4.78, 5) is 1.89. The number of nitrogens with zero attached hydrogens (tertiary/aromatic N) is 2. The fraction of sp³-hybridized carbons (Fsp3) is 0.400. The third-order valence-electron chi connectivity index (χ3n) is 1.96. The predicted octanol–water partition coefficient (Wildman–Crippen LogP) is 2.46. The Kier molecular flexibility index (Phi) is 4.84. The van der Waals surface area contributed by atoms with Crippen molar-refractivity contribution in [1.82, 2.24) is 4.90 Å². The smallest absolute Gasteiger partial charge is 0.303 e. The van der Waals surface area contributed by atoms with E-state index in [9.17, 15) is 7.77 Å². The maximum atomic E-state index is 12.8. The van der Waals surface area contributed by atoms with Crippen LogP contribution in [0.4, 0.5) is 13.5 Å². The lowest BCUT2D eigenvalue weighted by atomic mass is 10.3. The molecule has 0 aliphatic rings. The van der Waals surface area contributed by atoms with Crippen LogP contribution in [0.25, 0.3) is 0 Å². The number of hydrogen-bond donors (Lipinski definition) is 0. The topological polar surface area (TPSA) is 6.25 Å². The second kappa shape index (κ2) is 5.92. The summed E-state index contributed by atoms with van der Waals surface area (Å²) in [6.07, 6.45) is 0. The van der Waals surface area contributed by atoms with Gasteiger partial charge in [0.25, 0.3) is 0 Å². The molecule has 1 rings (SSSR count). The molecule has 0 atom stereocenters. The first-order valence-corrected chi connectivity index (χ1v) is 5.63. The first kappa shape index (κ1) is 12.3. The van der Waals surface area contributed by atoms with Crippen LogP contribution in [-0.2, 0) is 11.5 Å². The molecule has 0 unspecified atom stereocenters. The maximum absolute atomic E-state index is 12.8. The van der Waals surface area contributed by atoms with Gasteiger partial charge in [-0.15, -0.1) is 3.95 Å². The third-order valence-corrected chi connectivity index (χ3v) is 2.69. The molecule has 0 heterocycles. The molecular formula is C10H15F2N2S+. The van der Waals surface area contributed by atoms with Crippen LogP contribution in [0.3, 0.4) is 0 Å². The molecule has 0 aliphatic carbocycles. The van der Waals surface area contributed by atoms with Gasteiger partial charge in [-0.3, -0.25) is 0 Å². The summed E-state index contributed by atoms with van der Waals surface area (Å²) in [7, 11) is 3.75. The summed E-state index contributed by atoms with van der Waals surface area (Å²) in [5.74, 6) is 0. The number of rotatable bonds is 4. The van der Waals surface area contributed by atoms with Crippen LogP contribution in [0.1, 0.15) is 0 Å². The van der Waals surface area contributed by atoms with Crippen LogP contribution in [0, 0.1) is 0 Å². The Morgan fingerprint density at radius 1 is 1.20 bits per heavy atom. The molecule has 1 aromatic carbocycles. The van der Waals surface area contributed by atoms with Crippen LogP contribution in [0.15, 0.2) is 30.3 Å². The van der Waals surface area contributed by atoms with E-state index in [1.54, 1.807) is 24.3 Å². The van der Waals surface area contributed by atoms with Crippen molar-refractivity contribution < 1.29 is 11.7 Å². The summed E-state index contributed by atoms with van der Waals surface area (Å²) >= 11 is -2.71. The van der Waals surface area contributed by atoms with Crippen LogP contribution in [0.2, 0.25) is 0 Å². The quantitative estimate of drug-likeness (QED) is 0.724. The predicted molar refractivity (Wildman–Crippen MR) is 59.4 cm³/mol. The molecule has 2 nitrogen and oxygen atoms in total. The van der Waals surface area contributed by atoms with Gasteiger partial charge in [-0.2, -0.15) is 0 Å². The van der Waals surface area contributed by atoms with E-state index < -0.39 is 11.5 Å². The molecule has 1 aromatic rings. The summed E-state index contributed by atoms with van der Waals surface area (Å²) < 4.78 is 26.7. The normalized spacial score (nSPS) is 11.1. The number of benzene rings is 1. The van der Waals surface area contributed by atoms with Gasteiger partial charge in [-0.25, -0.2) is 0 Å². The molecule has 0 saturated carbocycles. The highest BCUT2D eigenvalue weighted by atomic mass is 32.2. The average Bonchev–Trinajstić information content (AvgIpc) is 2.18.